The number of nitrogens with zero attached hydrogens (tertiary/aromatic N) is 3. The Balaban J connectivity index is 1.79. The van der Waals surface area contributed by atoms with Crippen LogP contribution in [0.5, 0.6) is 0 Å². The van der Waals surface area contributed by atoms with Crippen molar-refractivity contribution in [1.82, 2.24) is 9.78 Å². The standard InChI is InChI=1S/C22H19ClN4O2/c1-3-26-19-13(2)6-4-9-16(19)22(21(26)29)11-18(28)25-20-17(22)12-24-27(20)15-8-5-7-14(23)10-15/h4-10,12H,3,11H2,1-2H3,(H,25,28). The number of halogens is 1. The molecule has 1 unspecified atom stereocenters. The first-order valence-electron chi connectivity index (χ1n) is 9.53. The van der Waals surface area contributed by atoms with Crippen molar-refractivity contribution in [2.24, 2.45) is 0 Å². The first-order valence-corrected chi connectivity index (χ1v) is 9.91. The van der Waals surface area contributed by atoms with E-state index in [1.165, 1.54) is 0 Å². The van der Waals surface area contributed by atoms with Crippen molar-refractivity contribution in [3.63, 3.8) is 0 Å². The number of anilines is 2. The molecule has 1 atom stereocenters. The summed E-state index contributed by atoms with van der Waals surface area (Å²) in [5.74, 6) is 0.230. The zero-order chi connectivity index (χ0) is 20.3. The highest BCUT2D eigenvalue weighted by molar-refractivity contribution is 6.30. The molecule has 3 heterocycles. The Labute approximate surface area is 173 Å². The lowest BCUT2D eigenvalue weighted by molar-refractivity contribution is -0.126. The average molecular weight is 407 g/mol. The maximum atomic E-state index is 13.7. The number of para-hydroxylation sites is 1. The normalized spacial score (nSPS) is 20.0. The fraction of sp³-hybridized carbons (Fsp3) is 0.227. The molecule has 2 aromatic carbocycles. The van der Waals surface area contributed by atoms with Crippen molar-refractivity contribution in [3.8, 4) is 5.69 Å². The Morgan fingerprint density at radius 2 is 1.97 bits per heavy atom. The zero-order valence-corrected chi connectivity index (χ0v) is 16.8. The van der Waals surface area contributed by atoms with Crippen LogP contribution in [0.2, 0.25) is 5.02 Å². The number of aromatic nitrogens is 2. The number of nitrogens with one attached hydrogen (secondary N) is 1. The molecule has 7 heteroatoms. The third-order valence-corrected chi connectivity index (χ3v) is 6.09. The van der Waals surface area contributed by atoms with Crippen molar-refractivity contribution in [1.29, 1.82) is 0 Å². The number of likely N-dealkylation sites (N-methyl/N-ethyl adjacent to an activating group) is 1. The molecule has 146 valence electrons. The summed E-state index contributed by atoms with van der Waals surface area (Å²) in [5, 5.41) is 8.01. The smallest absolute Gasteiger partial charge is 0.242 e. The molecule has 5 rings (SSSR count). The molecule has 0 saturated heterocycles. The minimum absolute atomic E-state index is 0.0625. The van der Waals surface area contributed by atoms with Gasteiger partial charge < -0.3 is 10.2 Å². The van der Waals surface area contributed by atoms with E-state index in [0.29, 0.717) is 22.9 Å². The van der Waals surface area contributed by atoms with Crippen LogP contribution in [-0.2, 0) is 15.0 Å². The predicted molar refractivity (Wildman–Crippen MR) is 112 cm³/mol. The van der Waals surface area contributed by atoms with Gasteiger partial charge >= 0.3 is 0 Å². The Morgan fingerprint density at radius 3 is 2.72 bits per heavy atom. The van der Waals surface area contributed by atoms with E-state index in [9.17, 15) is 9.59 Å². The Morgan fingerprint density at radius 1 is 1.17 bits per heavy atom. The zero-order valence-electron chi connectivity index (χ0n) is 16.1. The molecule has 2 aliphatic heterocycles. The summed E-state index contributed by atoms with van der Waals surface area (Å²) in [4.78, 5) is 28.3. The highest BCUT2D eigenvalue weighted by Crippen LogP contribution is 2.53. The Bertz CT molecular complexity index is 1190. The first-order chi connectivity index (χ1) is 14.0. The maximum Gasteiger partial charge on any atom is 0.242 e. The summed E-state index contributed by atoms with van der Waals surface area (Å²) in [5.41, 5.74) is 3.15. The van der Waals surface area contributed by atoms with Crippen molar-refractivity contribution in [3.05, 3.63) is 70.4 Å². The summed E-state index contributed by atoms with van der Waals surface area (Å²) < 4.78 is 1.64. The summed E-state index contributed by atoms with van der Waals surface area (Å²) in [6.45, 7) is 4.48. The van der Waals surface area contributed by atoms with E-state index in [-0.39, 0.29) is 18.2 Å². The lowest BCUT2D eigenvalue weighted by atomic mass is 9.71. The summed E-state index contributed by atoms with van der Waals surface area (Å²) in [6, 6.07) is 13.1. The van der Waals surface area contributed by atoms with Crippen LogP contribution in [0.3, 0.4) is 0 Å². The molecule has 2 amide bonds. The second-order valence-corrected chi connectivity index (χ2v) is 7.89. The number of rotatable bonds is 2. The van der Waals surface area contributed by atoms with Gasteiger partial charge in [0.25, 0.3) is 0 Å². The van der Waals surface area contributed by atoms with Crippen LogP contribution >= 0.6 is 11.6 Å². The van der Waals surface area contributed by atoms with Gasteiger partial charge in [0, 0.05) is 23.6 Å². The number of hydrogen-bond acceptors (Lipinski definition) is 3. The van der Waals surface area contributed by atoms with Crippen LogP contribution in [0.4, 0.5) is 11.5 Å². The number of fused-ring (bicyclic) bond motifs is 4. The number of carbonyl (C=O) groups is 2. The van der Waals surface area contributed by atoms with Gasteiger partial charge in [-0.1, -0.05) is 35.9 Å². The molecule has 6 nitrogen and oxygen atoms in total. The molecule has 0 saturated carbocycles. The molecule has 0 radical (unpaired) electrons. The molecule has 2 aliphatic rings. The minimum Gasteiger partial charge on any atom is -0.311 e. The van der Waals surface area contributed by atoms with Crippen LogP contribution in [0.15, 0.2) is 48.7 Å². The Kier molecular flexibility index (Phi) is 3.83. The van der Waals surface area contributed by atoms with Gasteiger partial charge in [-0.3, -0.25) is 9.59 Å². The molecular formula is C22H19ClN4O2. The first kappa shape index (κ1) is 17.9. The van der Waals surface area contributed by atoms with E-state index < -0.39 is 5.41 Å². The van der Waals surface area contributed by atoms with E-state index >= 15 is 0 Å². The van der Waals surface area contributed by atoms with Crippen LogP contribution in [-0.4, -0.2) is 28.1 Å². The molecule has 3 aromatic rings. The molecule has 1 N–H and O–H groups in total. The average Bonchev–Trinajstić information content (AvgIpc) is 3.21. The number of aryl methyl sites for hydroxylation is 1. The van der Waals surface area contributed by atoms with Gasteiger partial charge in [0.15, 0.2) is 0 Å². The molecule has 0 fully saturated rings. The van der Waals surface area contributed by atoms with Crippen LogP contribution < -0.4 is 10.2 Å². The van der Waals surface area contributed by atoms with Gasteiger partial charge in [0.2, 0.25) is 11.8 Å². The molecule has 1 spiro atoms. The van der Waals surface area contributed by atoms with Crippen LogP contribution in [0.1, 0.15) is 30.0 Å². The largest absolute Gasteiger partial charge is 0.311 e. The van der Waals surface area contributed by atoms with Crippen LogP contribution in [0.25, 0.3) is 5.69 Å². The fourth-order valence-electron chi connectivity index (χ4n) is 4.64. The fourth-order valence-corrected chi connectivity index (χ4v) is 4.82. The molecule has 0 aliphatic carbocycles. The summed E-state index contributed by atoms with van der Waals surface area (Å²) in [7, 11) is 0. The number of amides is 2. The quantitative estimate of drug-likeness (QED) is 0.703. The third-order valence-electron chi connectivity index (χ3n) is 5.86. The van der Waals surface area contributed by atoms with Crippen molar-refractivity contribution < 1.29 is 9.59 Å². The van der Waals surface area contributed by atoms with Gasteiger partial charge in [-0.15, -0.1) is 0 Å². The van der Waals surface area contributed by atoms with Crippen molar-refractivity contribution >= 4 is 34.9 Å². The van der Waals surface area contributed by atoms with Crippen LogP contribution in [0, 0.1) is 6.92 Å². The van der Waals surface area contributed by atoms with Crippen molar-refractivity contribution in [2.45, 2.75) is 25.7 Å². The molecular weight excluding hydrogens is 388 g/mol. The molecule has 0 bridgehead atoms. The number of benzene rings is 2. The molecule has 1 aromatic heterocycles. The lowest BCUT2D eigenvalue weighted by Crippen LogP contribution is -2.46. The highest BCUT2D eigenvalue weighted by atomic mass is 35.5. The van der Waals surface area contributed by atoms with Gasteiger partial charge in [-0.2, -0.15) is 5.10 Å². The van der Waals surface area contributed by atoms with E-state index in [2.05, 4.69) is 10.4 Å². The number of carbonyl (C=O) groups excluding carboxylic acids is 2. The second-order valence-electron chi connectivity index (χ2n) is 7.45. The summed E-state index contributed by atoms with van der Waals surface area (Å²) >= 11 is 6.15. The Hall–Kier alpha value is -3.12. The van der Waals surface area contributed by atoms with E-state index in [0.717, 1.165) is 22.5 Å². The van der Waals surface area contributed by atoms with Gasteiger partial charge in [0.1, 0.15) is 11.2 Å². The van der Waals surface area contributed by atoms with E-state index in [4.69, 9.17) is 11.6 Å². The lowest BCUT2D eigenvalue weighted by Gasteiger charge is -2.32. The maximum absolute atomic E-state index is 13.7. The molecule has 29 heavy (non-hydrogen) atoms. The predicted octanol–water partition coefficient (Wildman–Crippen LogP) is 3.83. The van der Waals surface area contributed by atoms with E-state index in [1.807, 2.05) is 44.2 Å². The topological polar surface area (TPSA) is 67.2 Å². The monoisotopic (exact) mass is 406 g/mol. The highest BCUT2D eigenvalue weighted by Gasteiger charge is 2.57. The summed E-state index contributed by atoms with van der Waals surface area (Å²) in [6.07, 6.45) is 1.76. The van der Waals surface area contributed by atoms with Gasteiger partial charge in [0.05, 0.1) is 17.6 Å². The third kappa shape index (κ3) is 2.32. The van der Waals surface area contributed by atoms with Gasteiger partial charge in [-0.25, -0.2) is 4.68 Å². The minimum atomic E-state index is -1.06. The second kappa shape index (κ2) is 6.19. The SMILES string of the molecule is CCN1C(=O)C2(CC(=O)Nc3c2cnn3-c2cccc(Cl)c2)c2cccc(C)c21. The van der Waals surface area contributed by atoms with Crippen molar-refractivity contribution in [2.75, 3.05) is 16.8 Å². The van der Waals surface area contributed by atoms with Gasteiger partial charge in [-0.05, 0) is 43.2 Å². The number of hydrogen-bond donors (Lipinski definition) is 1. The van der Waals surface area contributed by atoms with E-state index in [1.54, 1.807) is 27.9 Å².